The highest BCUT2D eigenvalue weighted by Gasteiger charge is 1.99. The molecule has 0 spiro atoms. The van der Waals surface area contributed by atoms with Crippen LogP contribution in [0.15, 0.2) is 30.3 Å². The van der Waals surface area contributed by atoms with Crippen molar-refractivity contribution in [3.05, 3.63) is 30.3 Å². The third-order valence-corrected chi connectivity index (χ3v) is 2.62. The number of anilines is 1. The maximum absolute atomic E-state index is 10.9. The molecule has 1 amide bonds. The first-order chi connectivity index (χ1) is 8.24. The molecular formula is C13H21N3O. The van der Waals surface area contributed by atoms with Crippen LogP contribution in [0.4, 0.5) is 5.69 Å². The second-order valence-corrected chi connectivity index (χ2v) is 4.02. The van der Waals surface area contributed by atoms with Crippen molar-refractivity contribution in [3.63, 3.8) is 0 Å². The molecule has 1 rings (SSSR count). The number of nitrogens with one attached hydrogen (secondary N) is 1. The number of unbranched alkanes of at least 4 members (excludes halogenated alkanes) is 1. The Kier molecular flexibility index (Phi) is 6.10. The summed E-state index contributed by atoms with van der Waals surface area (Å²) in [6.07, 6.45) is 2.03. The predicted molar refractivity (Wildman–Crippen MR) is 71.0 cm³/mol. The highest BCUT2D eigenvalue weighted by Crippen LogP contribution is 2.11. The summed E-state index contributed by atoms with van der Waals surface area (Å²) in [6, 6.07) is 10.3. The van der Waals surface area contributed by atoms with Crippen LogP contribution in [0.5, 0.6) is 0 Å². The fourth-order valence-electron chi connectivity index (χ4n) is 1.59. The number of carbonyl (C=O) groups is 1. The number of rotatable bonds is 7. The Morgan fingerprint density at radius 1 is 1.29 bits per heavy atom. The number of carbonyl (C=O) groups excluding carboxylic acids is 1. The van der Waals surface area contributed by atoms with Crippen molar-refractivity contribution in [2.45, 2.75) is 12.8 Å². The average Bonchev–Trinajstić information content (AvgIpc) is 2.38. The van der Waals surface area contributed by atoms with Gasteiger partial charge in [0.2, 0.25) is 5.91 Å². The lowest BCUT2D eigenvalue weighted by Gasteiger charge is -2.19. The number of hydrogen-bond donors (Lipinski definition) is 2. The zero-order valence-electron chi connectivity index (χ0n) is 10.4. The van der Waals surface area contributed by atoms with Gasteiger partial charge in [-0.2, -0.15) is 0 Å². The van der Waals surface area contributed by atoms with Crippen LogP contribution in [-0.4, -0.2) is 32.6 Å². The molecule has 0 aliphatic carbocycles. The molecule has 1 aromatic rings. The van der Waals surface area contributed by atoms with Gasteiger partial charge in [0.15, 0.2) is 0 Å². The normalized spacial score (nSPS) is 10.0. The van der Waals surface area contributed by atoms with E-state index in [1.54, 1.807) is 0 Å². The van der Waals surface area contributed by atoms with Gasteiger partial charge in [0, 0.05) is 25.8 Å². The quantitative estimate of drug-likeness (QED) is 0.693. The fourth-order valence-corrected chi connectivity index (χ4v) is 1.59. The number of hydrogen-bond acceptors (Lipinski definition) is 3. The van der Waals surface area contributed by atoms with E-state index in [0.717, 1.165) is 19.4 Å². The zero-order chi connectivity index (χ0) is 12.5. The molecule has 0 heterocycles. The molecule has 94 valence electrons. The van der Waals surface area contributed by atoms with Gasteiger partial charge in [-0.15, -0.1) is 0 Å². The summed E-state index contributed by atoms with van der Waals surface area (Å²) in [5.74, 6) is -0.0820. The molecule has 0 saturated carbocycles. The topological polar surface area (TPSA) is 58.4 Å². The Balaban J connectivity index is 2.13. The van der Waals surface area contributed by atoms with Gasteiger partial charge in [0.05, 0.1) is 6.54 Å². The first kappa shape index (κ1) is 13.5. The van der Waals surface area contributed by atoms with Crippen molar-refractivity contribution >= 4 is 11.6 Å². The van der Waals surface area contributed by atoms with Crippen molar-refractivity contribution < 1.29 is 4.79 Å². The van der Waals surface area contributed by atoms with Crippen LogP contribution in [0.3, 0.4) is 0 Å². The van der Waals surface area contributed by atoms with Crippen molar-refractivity contribution in [1.29, 1.82) is 0 Å². The molecule has 0 aliphatic rings. The molecule has 0 aromatic heterocycles. The maximum Gasteiger partial charge on any atom is 0.233 e. The molecule has 0 saturated heterocycles. The average molecular weight is 235 g/mol. The molecule has 0 fully saturated rings. The van der Waals surface area contributed by atoms with Crippen molar-refractivity contribution in [3.8, 4) is 0 Å². The highest BCUT2D eigenvalue weighted by molar-refractivity contribution is 5.77. The zero-order valence-corrected chi connectivity index (χ0v) is 10.4. The van der Waals surface area contributed by atoms with E-state index in [0.29, 0.717) is 6.54 Å². The van der Waals surface area contributed by atoms with Gasteiger partial charge in [-0.05, 0) is 25.0 Å². The number of benzene rings is 1. The molecule has 0 aliphatic heterocycles. The molecule has 17 heavy (non-hydrogen) atoms. The molecule has 0 bridgehead atoms. The van der Waals surface area contributed by atoms with E-state index in [9.17, 15) is 4.79 Å². The molecule has 0 atom stereocenters. The van der Waals surface area contributed by atoms with Crippen LogP contribution in [0.1, 0.15) is 12.8 Å². The van der Waals surface area contributed by atoms with Crippen molar-refractivity contribution in [1.82, 2.24) is 5.32 Å². The Morgan fingerprint density at radius 2 is 2.00 bits per heavy atom. The first-order valence-corrected chi connectivity index (χ1v) is 5.97. The summed E-state index contributed by atoms with van der Waals surface area (Å²) in [6.45, 7) is 1.77. The van der Waals surface area contributed by atoms with E-state index in [4.69, 9.17) is 5.73 Å². The van der Waals surface area contributed by atoms with Crippen LogP contribution >= 0.6 is 0 Å². The SMILES string of the molecule is CN(CCCCNC(=O)CN)c1ccccc1. The molecule has 4 heteroatoms. The number of para-hydroxylation sites is 1. The summed E-state index contributed by atoms with van der Waals surface area (Å²) < 4.78 is 0. The van der Waals surface area contributed by atoms with Crippen LogP contribution in [0, 0.1) is 0 Å². The number of amides is 1. The molecule has 1 aromatic carbocycles. The lowest BCUT2D eigenvalue weighted by Crippen LogP contribution is -2.31. The summed E-state index contributed by atoms with van der Waals surface area (Å²) >= 11 is 0. The fraction of sp³-hybridized carbons (Fsp3) is 0.462. The summed E-state index contributed by atoms with van der Waals surface area (Å²) in [5.41, 5.74) is 6.41. The lowest BCUT2D eigenvalue weighted by atomic mass is 10.2. The van der Waals surface area contributed by atoms with E-state index in [1.165, 1.54) is 5.69 Å². The minimum absolute atomic E-state index is 0.0733. The molecule has 4 nitrogen and oxygen atoms in total. The van der Waals surface area contributed by atoms with E-state index in [-0.39, 0.29) is 12.5 Å². The standard InChI is InChI=1S/C13H21N3O/c1-16(12-7-3-2-4-8-12)10-6-5-9-15-13(17)11-14/h2-4,7-8H,5-6,9-11,14H2,1H3,(H,15,17). The minimum atomic E-state index is -0.0820. The van der Waals surface area contributed by atoms with Gasteiger partial charge in [-0.1, -0.05) is 18.2 Å². The van der Waals surface area contributed by atoms with E-state index in [1.807, 2.05) is 18.2 Å². The van der Waals surface area contributed by atoms with Gasteiger partial charge in [0.1, 0.15) is 0 Å². The third kappa shape index (κ3) is 5.36. The van der Waals surface area contributed by atoms with Gasteiger partial charge >= 0.3 is 0 Å². The molecule has 3 N–H and O–H groups in total. The first-order valence-electron chi connectivity index (χ1n) is 5.97. The number of nitrogens with zero attached hydrogens (tertiary/aromatic N) is 1. The predicted octanol–water partition coefficient (Wildman–Crippen LogP) is 0.978. The Labute approximate surface area is 103 Å². The summed E-state index contributed by atoms with van der Waals surface area (Å²) in [7, 11) is 2.08. The maximum atomic E-state index is 10.9. The molecular weight excluding hydrogens is 214 g/mol. The monoisotopic (exact) mass is 235 g/mol. The van der Waals surface area contributed by atoms with E-state index >= 15 is 0 Å². The molecule has 0 unspecified atom stereocenters. The summed E-state index contributed by atoms with van der Waals surface area (Å²) in [4.78, 5) is 13.1. The Hall–Kier alpha value is -1.55. The van der Waals surface area contributed by atoms with E-state index in [2.05, 4.69) is 29.4 Å². The van der Waals surface area contributed by atoms with Gasteiger partial charge < -0.3 is 16.0 Å². The van der Waals surface area contributed by atoms with Crippen LogP contribution < -0.4 is 16.0 Å². The smallest absolute Gasteiger partial charge is 0.233 e. The van der Waals surface area contributed by atoms with Crippen LogP contribution in [-0.2, 0) is 4.79 Å². The lowest BCUT2D eigenvalue weighted by molar-refractivity contribution is -0.119. The highest BCUT2D eigenvalue weighted by atomic mass is 16.1. The van der Waals surface area contributed by atoms with Gasteiger partial charge in [-0.25, -0.2) is 0 Å². The summed E-state index contributed by atoms with van der Waals surface area (Å²) in [5, 5.41) is 2.76. The Morgan fingerprint density at radius 3 is 2.65 bits per heavy atom. The Bertz CT molecular complexity index is 327. The second-order valence-electron chi connectivity index (χ2n) is 4.02. The van der Waals surface area contributed by atoms with Crippen LogP contribution in [0.25, 0.3) is 0 Å². The van der Waals surface area contributed by atoms with E-state index < -0.39 is 0 Å². The van der Waals surface area contributed by atoms with Gasteiger partial charge in [0.25, 0.3) is 0 Å². The van der Waals surface area contributed by atoms with Crippen LogP contribution in [0.2, 0.25) is 0 Å². The van der Waals surface area contributed by atoms with Gasteiger partial charge in [-0.3, -0.25) is 4.79 Å². The van der Waals surface area contributed by atoms with Crippen molar-refractivity contribution in [2.75, 3.05) is 31.6 Å². The minimum Gasteiger partial charge on any atom is -0.375 e. The largest absolute Gasteiger partial charge is 0.375 e. The molecule has 0 radical (unpaired) electrons. The second kappa shape index (κ2) is 7.68. The number of nitrogens with two attached hydrogens (primary N) is 1. The third-order valence-electron chi connectivity index (χ3n) is 2.62. The van der Waals surface area contributed by atoms with Crippen molar-refractivity contribution in [2.24, 2.45) is 5.73 Å².